The monoisotopic (exact) mass is 252 g/mol. The van der Waals surface area contributed by atoms with Crippen LogP contribution in [0.15, 0.2) is 18.2 Å². The molecule has 0 spiro atoms. The molecule has 3 heteroatoms. The van der Waals surface area contributed by atoms with Crippen LogP contribution in [0.1, 0.15) is 42.3 Å². The molecule has 0 N–H and O–H groups in total. The number of carbonyl (C=O) groups excluding carboxylic acids is 2. The van der Waals surface area contributed by atoms with Gasteiger partial charge in [-0.05, 0) is 29.5 Å². The third kappa shape index (κ3) is 3.16. The lowest BCUT2D eigenvalue weighted by atomic mass is 9.84. The molecule has 0 heterocycles. The zero-order valence-electron chi connectivity index (χ0n) is 10.6. The van der Waals surface area contributed by atoms with Gasteiger partial charge in [-0.1, -0.05) is 32.9 Å². The molecule has 92 valence electrons. The lowest BCUT2D eigenvalue weighted by Gasteiger charge is -2.20. The van der Waals surface area contributed by atoms with Crippen LogP contribution in [0.5, 0.6) is 0 Å². The maximum absolute atomic E-state index is 11.8. The summed E-state index contributed by atoms with van der Waals surface area (Å²) in [6.45, 7) is 8.01. The van der Waals surface area contributed by atoms with E-state index >= 15 is 0 Å². The van der Waals surface area contributed by atoms with E-state index in [1.807, 2.05) is 19.1 Å². The van der Waals surface area contributed by atoms with Crippen molar-refractivity contribution in [1.29, 1.82) is 0 Å². The van der Waals surface area contributed by atoms with Gasteiger partial charge in [0.2, 0.25) is 11.6 Å². The number of carbonyl (C=O) groups is 2. The standard InChI is InChI=1S/C14H17ClO2/c1-9-5-6-10(14(2,3)4)7-11(9)13(17)12(16)8-15/h5-7H,8H2,1-4H3. The predicted octanol–water partition coefficient (Wildman–Crippen LogP) is 3.28. The molecule has 0 aromatic heterocycles. The van der Waals surface area contributed by atoms with Crippen molar-refractivity contribution in [3.63, 3.8) is 0 Å². The topological polar surface area (TPSA) is 34.1 Å². The lowest BCUT2D eigenvalue weighted by Crippen LogP contribution is -2.19. The first-order valence-electron chi connectivity index (χ1n) is 5.52. The first kappa shape index (κ1) is 13.9. The summed E-state index contributed by atoms with van der Waals surface area (Å²) >= 11 is 5.41. The van der Waals surface area contributed by atoms with Crippen LogP contribution in [-0.4, -0.2) is 17.4 Å². The largest absolute Gasteiger partial charge is 0.289 e. The first-order chi connectivity index (χ1) is 7.77. The van der Waals surface area contributed by atoms with Crippen LogP contribution in [0.2, 0.25) is 0 Å². The highest BCUT2D eigenvalue weighted by atomic mass is 35.5. The smallest absolute Gasteiger partial charge is 0.230 e. The molecular formula is C14H17ClO2. The number of benzene rings is 1. The van der Waals surface area contributed by atoms with E-state index in [0.29, 0.717) is 5.56 Å². The second kappa shape index (κ2) is 5.01. The molecule has 0 saturated heterocycles. The van der Waals surface area contributed by atoms with Crippen molar-refractivity contribution >= 4 is 23.2 Å². The Balaban J connectivity index is 3.25. The van der Waals surface area contributed by atoms with Crippen LogP contribution >= 0.6 is 11.6 Å². The molecule has 1 rings (SSSR count). The number of ketones is 2. The van der Waals surface area contributed by atoms with E-state index in [2.05, 4.69) is 20.8 Å². The summed E-state index contributed by atoms with van der Waals surface area (Å²) in [5.41, 5.74) is 2.26. The van der Waals surface area contributed by atoms with Crippen molar-refractivity contribution in [3.8, 4) is 0 Å². The van der Waals surface area contributed by atoms with Crippen molar-refractivity contribution in [2.24, 2.45) is 0 Å². The number of Topliss-reactive ketones (excluding diaryl/α,β-unsaturated/α-hetero) is 2. The summed E-state index contributed by atoms with van der Waals surface area (Å²) in [4.78, 5) is 23.2. The molecule has 0 unspecified atom stereocenters. The number of hydrogen-bond donors (Lipinski definition) is 0. The molecular weight excluding hydrogens is 236 g/mol. The Morgan fingerprint density at radius 3 is 2.29 bits per heavy atom. The quantitative estimate of drug-likeness (QED) is 0.470. The molecule has 0 radical (unpaired) electrons. The third-order valence-electron chi connectivity index (χ3n) is 2.72. The molecule has 0 bridgehead atoms. The number of rotatable bonds is 3. The van der Waals surface area contributed by atoms with Gasteiger partial charge in [0, 0.05) is 5.56 Å². The van der Waals surface area contributed by atoms with Crippen molar-refractivity contribution in [1.82, 2.24) is 0 Å². The van der Waals surface area contributed by atoms with Crippen LogP contribution in [-0.2, 0) is 10.2 Å². The summed E-state index contributed by atoms with van der Waals surface area (Å²) in [6, 6.07) is 5.65. The minimum atomic E-state index is -0.555. The molecule has 0 aliphatic rings. The summed E-state index contributed by atoms with van der Waals surface area (Å²) in [6.07, 6.45) is 0. The Kier molecular flexibility index (Phi) is 4.10. The SMILES string of the molecule is Cc1ccc(C(C)(C)C)cc1C(=O)C(=O)CCl. The van der Waals surface area contributed by atoms with Gasteiger partial charge in [0.05, 0.1) is 5.88 Å². The van der Waals surface area contributed by atoms with Crippen LogP contribution in [0.3, 0.4) is 0 Å². The lowest BCUT2D eigenvalue weighted by molar-refractivity contribution is -0.112. The van der Waals surface area contributed by atoms with Gasteiger partial charge < -0.3 is 0 Å². The van der Waals surface area contributed by atoms with Crippen molar-refractivity contribution in [3.05, 3.63) is 34.9 Å². The zero-order valence-corrected chi connectivity index (χ0v) is 11.4. The van der Waals surface area contributed by atoms with Gasteiger partial charge in [0.25, 0.3) is 0 Å². The van der Waals surface area contributed by atoms with Gasteiger partial charge in [0.15, 0.2) is 0 Å². The highest BCUT2D eigenvalue weighted by Gasteiger charge is 2.20. The third-order valence-corrected chi connectivity index (χ3v) is 2.97. The highest BCUT2D eigenvalue weighted by Crippen LogP contribution is 2.24. The van der Waals surface area contributed by atoms with Crippen LogP contribution < -0.4 is 0 Å². The van der Waals surface area contributed by atoms with Crippen molar-refractivity contribution < 1.29 is 9.59 Å². The molecule has 0 aliphatic heterocycles. The van der Waals surface area contributed by atoms with Crippen molar-refractivity contribution in [2.45, 2.75) is 33.1 Å². The molecule has 0 amide bonds. The van der Waals surface area contributed by atoms with Gasteiger partial charge in [-0.15, -0.1) is 11.6 Å². The average molecular weight is 253 g/mol. The van der Waals surface area contributed by atoms with E-state index in [0.717, 1.165) is 11.1 Å². The molecule has 0 atom stereocenters. The van der Waals surface area contributed by atoms with E-state index in [9.17, 15) is 9.59 Å². The van der Waals surface area contributed by atoms with E-state index in [-0.39, 0.29) is 11.3 Å². The fourth-order valence-electron chi connectivity index (χ4n) is 1.54. The highest BCUT2D eigenvalue weighted by molar-refractivity contribution is 6.51. The molecule has 0 fully saturated rings. The Hall–Kier alpha value is -1.15. The summed E-state index contributed by atoms with van der Waals surface area (Å²) < 4.78 is 0. The molecule has 0 saturated carbocycles. The van der Waals surface area contributed by atoms with Crippen LogP contribution in [0, 0.1) is 6.92 Å². The van der Waals surface area contributed by atoms with Crippen molar-refractivity contribution in [2.75, 3.05) is 5.88 Å². The minimum Gasteiger partial charge on any atom is -0.289 e. The summed E-state index contributed by atoms with van der Waals surface area (Å²) in [5, 5.41) is 0. The second-order valence-electron chi connectivity index (χ2n) is 5.17. The maximum Gasteiger partial charge on any atom is 0.230 e. The zero-order chi connectivity index (χ0) is 13.2. The average Bonchev–Trinajstić information content (AvgIpc) is 2.26. The first-order valence-corrected chi connectivity index (χ1v) is 6.05. The predicted molar refractivity (Wildman–Crippen MR) is 69.9 cm³/mol. The Morgan fingerprint density at radius 2 is 1.82 bits per heavy atom. The Bertz CT molecular complexity index is 456. The molecule has 2 nitrogen and oxygen atoms in total. The fourth-order valence-corrected chi connectivity index (χ4v) is 1.67. The normalized spacial score (nSPS) is 11.4. The van der Waals surface area contributed by atoms with Crippen LogP contribution in [0.25, 0.3) is 0 Å². The Labute approximate surface area is 107 Å². The molecule has 1 aromatic rings. The van der Waals surface area contributed by atoms with E-state index in [1.165, 1.54) is 0 Å². The molecule has 0 aliphatic carbocycles. The van der Waals surface area contributed by atoms with Gasteiger partial charge in [-0.25, -0.2) is 0 Å². The maximum atomic E-state index is 11.8. The fraction of sp³-hybridized carbons (Fsp3) is 0.429. The van der Waals surface area contributed by atoms with E-state index in [4.69, 9.17) is 11.6 Å². The number of alkyl halides is 1. The van der Waals surface area contributed by atoms with Gasteiger partial charge >= 0.3 is 0 Å². The van der Waals surface area contributed by atoms with E-state index < -0.39 is 11.6 Å². The van der Waals surface area contributed by atoms with Crippen LogP contribution in [0.4, 0.5) is 0 Å². The molecule has 1 aromatic carbocycles. The van der Waals surface area contributed by atoms with Gasteiger partial charge in [-0.2, -0.15) is 0 Å². The van der Waals surface area contributed by atoms with Gasteiger partial charge in [-0.3, -0.25) is 9.59 Å². The summed E-state index contributed by atoms with van der Waals surface area (Å²) in [7, 11) is 0. The molecule has 17 heavy (non-hydrogen) atoms. The Morgan fingerprint density at radius 1 is 1.24 bits per heavy atom. The second-order valence-corrected chi connectivity index (χ2v) is 5.43. The number of aryl methyl sites for hydroxylation is 1. The van der Waals surface area contributed by atoms with E-state index in [1.54, 1.807) is 6.07 Å². The minimum absolute atomic E-state index is 0.0489. The number of halogens is 1. The summed E-state index contributed by atoms with van der Waals surface area (Å²) in [5.74, 6) is -1.32. The van der Waals surface area contributed by atoms with Gasteiger partial charge in [0.1, 0.15) is 0 Å². The number of hydrogen-bond acceptors (Lipinski definition) is 2.